The Kier molecular flexibility index (Phi) is 3.08. The smallest absolute Gasteiger partial charge is 0.170 e. The van der Waals surface area contributed by atoms with Crippen LogP contribution in [0.4, 0.5) is 0 Å². The Labute approximate surface area is 97.1 Å². The molecule has 0 atom stereocenters. The molecule has 86 valence electrons. The van der Waals surface area contributed by atoms with E-state index in [-0.39, 0.29) is 5.41 Å². The van der Waals surface area contributed by atoms with Gasteiger partial charge in [-0.1, -0.05) is 19.8 Å². The van der Waals surface area contributed by atoms with Crippen LogP contribution in [0.1, 0.15) is 55.1 Å². The van der Waals surface area contributed by atoms with E-state index in [0.717, 1.165) is 30.5 Å². The molecule has 1 saturated carbocycles. The SMILES string of the molecule is CCC1(C(=O)c2ccc(C)nc2)CCCC1. The van der Waals surface area contributed by atoms with Crippen molar-refractivity contribution in [2.24, 2.45) is 5.41 Å². The van der Waals surface area contributed by atoms with Gasteiger partial charge in [0.1, 0.15) is 0 Å². The van der Waals surface area contributed by atoms with Crippen molar-refractivity contribution < 1.29 is 4.79 Å². The molecule has 0 amide bonds. The summed E-state index contributed by atoms with van der Waals surface area (Å²) >= 11 is 0. The van der Waals surface area contributed by atoms with Gasteiger partial charge in [0.2, 0.25) is 0 Å². The number of hydrogen-bond donors (Lipinski definition) is 0. The van der Waals surface area contributed by atoms with Crippen molar-refractivity contribution in [3.8, 4) is 0 Å². The fraction of sp³-hybridized carbons (Fsp3) is 0.571. The van der Waals surface area contributed by atoms with Crippen LogP contribution in [0, 0.1) is 12.3 Å². The molecule has 1 aliphatic carbocycles. The first-order chi connectivity index (χ1) is 7.68. The molecule has 0 saturated heterocycles. The highest BCUT2D eigenvalue weighted by molar-refractivity contribution is 6.00. The number of Topliss-reactive ketones (excluding diaryl/α,β-unsaturated/α-hetero) is 1. The number of carbonyl (C=O) groups excluding carboxylic acids is 1. The molecule has 1 fully saturated rings. The van der Waals surface area contributed by atoms with Gasteiger partial charge in [0.05, 0.1) is 0 Å². The normalized spacial score (nSPS) is 18.6. The van der Waals surface area contributed by atoms with Crippen LogP contribution in [0.25, 0.3) is 0 Å². The van der Waals surface area contributed by atoms with Gasteiger partial charge in [0, 0.05) is 22.9 Å². The van der Waals surface area contributed by atoms with Gasteiger partial charge in [0.15, 0.2) is 5.78 Å². The molecule has 0 unspecified atom stereocenters. The second-order valence-electron chi connectivity index (χ2n) is 4.86. The molecule has 2 heteroatoms. The molecule has 1 aromatic heterocycles. The zero-order valence-corrected chi connectivity index (χ0v) is 10.1. The number of aromatic nitrogens is 1. The third-order valence-corrected chi connectivity index (χ3v) is 3.89. The summed E-state index contributed by atoms with van der Waals surface area (Å²) in [5.41, 5.74) is 1.67. The average molecular weight is 217 g/mol. The van der Waals surface area contributed by atoms with Crippen LogP contribution in [-0.2, 0) is 0 Å². The summed E-state index contributed by atoms with van der Waals surface area (Å²) in [5.74, 6) is 0.306. The predicted octanol–water partition coefficient (Wildman–Crippen LogP) is 3.54. The maximum Gasteiger partial charge on any atom is 0.170 e. The summed E-state index contributed by atoms with van der Waals surface area (Å²) in [6, 6.07) is 3.84. The van der Waals surface area contributed by atoms with E-state index >= 15 is 0 Å². The van der Waals surface area contributed by atoms with Crippen LogP contribution in [0.5, 0.6) is 0 Å². The minimum absolute atomic E-state index is 0.0864. The molecule has 0 bridgehead atoms. The van der Waals surface area contributed by atoms with Crippen LogP contribution in [0.2, 0.25) is 0 Å². The van der Waals surface area contributed by atoms with Crippen molar-refractivity contribution in [1.82, 2.24) is 4.98 Å². The third kappa shape index (κ3) is 1.89. The highest BCUT2D eigenvalue weighted by atomic mass is 16.1. The lowest BCUT2D eigenvalue weighted by atomic mass is 9.77. The highest BCUT2D eigenvalue weighted by Crippen LogP contribution is 2.43. The van der Waals surface area contributed by atoms with E-state index < -0.39 is 0 Å². The zero-order chi connectivity index (χ0) is 11.6. The van der Waals surface area contributed by atoms with E-state index in [9.17, 15) is 4.79 Å². The maximum atomic E-state index is 12.5. The van der Waals surface area contributed by atoms with Crippen LogP contribution >= 0.6 is 0 Å². The highest BCUT2D eigenvalue weighted by Gasteiger charge is 2.39. The largest absolute Gasteiger partial charge is 0.293 e. The van der Waals surface area contributed by atoms with Crippen LogP contribution in [-0.4, -0.2) is 10.8 Å². The average Bonchev–Trinajstić information content (AvgIpc) is 2.79. The van der Waals surface area contributed by atoms with Gasteiger partial charge < -0.3 is 0 Å². The quantitative estimate of drug-likeness (QED) is 0.725. The summed E-state index contributed by atoms with van der Waals surface area (Å²) < 4.78 is 0. The molecule has 0 aromatic carbocycles. The summed E-state index contributed by atoms with van der Waals surface area (Å²) in [4.78, 5) is 16.7. The lowest BCUT2D eigenvalue weighted by Crippen LogP contribution is -2.27. The minimum atomic E-state index is -0.0864. The molecule has 2 rings (SSSR count). The Morgan fingerprint density at radius 3 is 2.56 bits per heavy atom. The fourth-order valence-electron chi connectivity index (χ4n) is 2.70. The van der Waals surface area contributed by atoms with Gasteiger partial charge in [-0.2, -0.15) is 0 Å². The fourth-order valence-corrected chi connectivity index (χ4v) is 2.70. The second-order valence-corrected chi connectivity index (χ2v) is 4.86. The number of nitrogens with zero attached hydrogens (tertiary/aromatic N) is 1. The number of ketones is 1. The van der Waals surface area contributed by atoms with Crippen molar-refractivity contribution >= 4 is 5.78 Å². The number of aryl methyl sites for hydroxylation is 1. The lowest BCUT2D eigenvalue weighted by Gasteiger charge is -2.25. The summed E-state index contributed by atoms with van der Waals surface area (Å²) in [6.07, 6.45) is 7.18. The van der Waals surface area contributed by atoms with E-state index in [4.69, 9.17) is 0 Å². The standard InChI is InChI=1S/C14H19NO/c1-3-14(8-4-5-9-14)13(16)12-7-6-11(2)15-10-12/h6-7,10H,3-5,8-9H2,1-2H3. The number of carbonyl (C=O) groups is 1. The molecule has 0 spiro atoms. The number of hydrogen-bond acceptors (Lipinski definition) is 2. The molecular formula is C14H19NO. The molecule has 1 heterocycles. The van der Waals surface area contributed by atoms with Crippen molar-refractivity contribution in [2.75, 3.05) is 0 Å². The topological polar surface area (TPSA) is 30.0 Å². The Balaban J connectivity index is 2.26. The van der Waals surface area contributed by atoms with Crippen molar-refractivity contribution in [2.45, 2.75) is 46.0 Å². The maximum absolute atomic E-state index is 12.5. The third-order valence-electron chi connectivity index (χ3n) is 3.89. The monoisotopic (exact) mass is 217 g/mol. The van der Waals surface area contributed by atoms with E-state index in [1.54, 1.807) is 6.20 Å². The molecule has 1 aliphatic rings. The molecule has 2 nitrogen and oxygen atoms in total. The molecule has 0 aliphatic heterocycles. The van der Waals surface area contributed by atoms with Gasteiger partial charge in [-0.15, -0.1) is 0 Å². The van der Waals surface area contributed by atoms with E-state index in [1.165, 1.54) is 12.8 Å². The molecule has 16 heavy (non-hydrogen) atoms. The molecular weight excluding hydrogens is 198 g/mol. The van der Waals surface area contributed by atoms with Crippen molar-refractivity contribution in [3.05, 3.63) is 29.6 Å². The van der Waals surface area contributed by atoms with E-state index in [1.807, 2.05) is 19.1 Å². The first-order valence-corrected chi connectivity index (χ1v) is 6.15. The van der Waals surface area contributed by atoms with Crippen molar-refractivity contribution in [1.29, 1.82) is 0 Å². The predicted molar refractivity (Wildman–Crippen MR) is 64.5 cm³/mol. The molecule has 0 radical (unpaired) electrons. The molecule has 0 N–H and O–H groups in total. The first-order valence-electron chi connectivity index (χ1n) is 6.15. The van der Waals surface area contributed by atoms with Crippen LogP contribution in [0.3, 0.4) is 0 Å². The van der Waals surface area contributed by atoms with Gasteiger partial charge in [0.25, 0.3) is 0 Å². The Hall–Kier alpha value is -1.18. The second kappa shape index (κ2) is 4.36. The van der Waals surface area contributed by atoms with E-state index in [0.29, 0.717) is 5.78 Å². The van der Waals surface area contributed by atoms with Crippen LogP contribution < -0.4 is 0 Å². The lowest BCUT2D eigenvalue weighted by molar-refractivity contribution is 0.0791. The zero-order valence-electron chi connectivity index (χ0n) is 10.1. The summed E-state index contributed by atoms with van der Waals surface area (Å²) in [5, 5.41) is 0. The van der Waals surface area contributed by atoms with Gasteiger partial charge >= 0.3 is 0 Å². The Morgan fingerprint density at radius 2 is 2.06 bits per heavy atom. The Bertz CT molecular complexity index is 374. The summed E-state index contributed by atoms with van der Waals surface area (Å²) in [7, 11) is 0. The summed E-state index contributed by atoms with van der Waals surface area (Å²) in [6.45, 7) is 4.07. The van der Waals surface area contributed by atoms with Gasteiger partial charge in [-0.05, 0) is 38.3 Å². The Morgan fingerprint density at radius 1 is 1.38 bits per heavy atom. The van der Waals surface area contributed by atoms with Gasteiger partial charge in [-0.3, -0.25) is 9.78 Å². The van der Waals surface area contributed by atoms with E-state index in [2.05, 4.69) is 11.9 Å². The van der Waals surface area contributed by atoms with Crippen LogP contribution in [0.15, 0.2) is 18.3 Å². The number of rotatable bonds is 3. The first kappa shape index (κ1) is 11.3. The van der Waals surface area contributed by atoms with Crippen molar-refractivity contribution in [3.63, 3.8) is 0 Å². The minimum Gasteiger partial charge on any atom is -0.293 e. The molecule has 1 aromatic rings. The van der Waals surface area contributed by atoms with Gasteiger partial charge in [-0.25, -0.2) is 0 Å². The number of pyridine rings is 1.